The topological polar surface area (TPSA) is 47.4 Å². The van der Waals surface area contributed by atoms with Crippen LogP contribution in [0.25, 0.3) is 5.69 Å². The molecule has 0 unspecified atom stereocenters. The van der Waals surface area contributed by atoms with Crippen molar-refractivity contribution in [1.82, 2.24) is 14.7 Å². The maximum absolute atomic E-state index is 13.1. The number of likely N-dealkylation sites (tertiary alicyclic amines) is 1. The molecule has 0 aliphatic carbocycles. The minimum atomic E-state index is -2.51. The van der Waals surface area contributed by atoms with Crippen LogP contribution in [0.15, 0.2) is 24.3 Å². The number of aryl methyl sites for hydroxylation is 1. The van der Waals surface area contributed by atoms with E-state index >= 15 is 0 Å². The number of carbonyl (C=O) groups is 1. The lowest BCUT2D eigenvalue weighted by Gasteiger charge is -2.38. The zero-order valence-electron chi connectivity index (χ0n) is 13.9. The Bertz CT molecular complexity index is 768. The molecule has 2 heterocycles. The standard InChI is InChI=1S/C17H18F3N3O2/c1-10-16(17(24)22-7-14(8-22)25-9-15(19)20)11(2)23(21-10)13-5-3-12(18)4-6-13/h3-6,14-15H,7-9H2,1-2H3. The van der Waals surface area contributed by atoms with Gasteiger partial charge in [0.1, 0.15) is 12.4 Å². The van der Waals surface area contributed by atoms with E-state index in [1.165, 1.54) is 12.1 Å². The number of amides is 1. The van der Waals surface area contributed by atoms with Crippen LogP contribution in [0.5, 0.6) is 0 Å². The Kier molecular flexibility index (Phi) is 4.80. The van der Waals surface area contributed by atoms with Gasteiger partial charge in [-0.1, -0.05) is 0 Å². The smallest absolute Gasteiger partial charge is 0.261 e. The average Bonchev–Trinajstić information content (AvgIpc) is 2.81. The summed E-state index contributed by atoms with van der Waals surface area (Å²) >= 11 is 0. The van der Waals surface area contributed by atoms with Crippen LogP contribution in [0, 0.1) is 19.7 Å². The van der Waals surface area contributed by atoms with E-state index in [1.54, 1.807) is 35.6 Å². The molecule has 25 heavy (non-hydrogen) atoms. The molecule has 5 nitrogen and oxygen atoms in total. The normalized spacial score (nSPS) is 14.9. The Hall–Kier alpha value is -2.35. The fourth-order valence-electron chi connectivity index (χ4n) is 2.86. The summed E-state index contributed by atoms with van der Waals surface area (Å²) in [6.45, 7) is 3.44. The highest BCUT2D eigenvalue weighted by atomic mass is 19.3. The predicted molar refractivity (Wildman–Crippen MR) is 84.6 cm³/mol. The lowest BCUT2D eigenvalue weighted by atomic mass is 10.1. The SMILES string of the molecule is Cc1nn(-c2ccc(F)cc2)c(C)c1C(=O)N1CC(OCC(F)F)C1. The van der Waals surface area contributed by atoms with Gasteiger partial charge in [0, 0.05) is 13.1 Å². The van der Waals surface area contributed by atoms with E-state index in [2.05, 4.69) is 5.10 Å². The van der Waals surface area contributed by atoms with E-state index < -0.39 is 13.0 Å². The molecule has 0 N–H and O–H groups in total. The van der Waals surface area contributed by atoms with Gasteiger partial charge in [0.05, 0.1) is 28.7 Å². The predicted octanol–water partition coefficient (Wildman–Crippen LogP) is 2.73. The Labute approximate surface area is 143 Å². The van der Waals surface area contributed by atoms with E-state index in [1.807, 2.05) is 0 Å². The molecule has 1 fully saturated rings. The quantitative estimate of drug-likeness (QED) is 0.830. The van der Waals surface area contributed by atoms with Gasteiger partial charge in [-0.05, 0) is 38.1 Å². The summed E-state index contributed by atoms with van der Waals surface area (Å²) < 4.78 is 43.9. The molecule has 0 spiro atoms. The Balaban J connectivity index is 1.73. The van der Waals surface area contributed by atoms with Gasteiger partial charge in [0.15, 0.2) is 0 Å². The van der Waals surface area contributed by atoms with Crippen molar-refractivity contribution < 1.29 is 22.7 Å². The van der Waals surface area contributed by atoms with Gasteiger partial charge in [-0.25, -0.2) is 17.9 Å². The van der Waals surface area contributed by atoms with Crippen LogP contribution < -0.4 is 0 Å². The molecule has 1 aliphatic rings. The molecule has 8 heteroatoms. The van der Waals surface area contributed by atoms with Crippen molar-refractivity contribution in [1.29, 1.82) is 0 Å². The van der Waals surface area contributed by atoms with Crippen LogP contribution >= 0.6 is 0 Å². The fourth-order valence-corrected chi connectivity index (χ4v) is 2.86. The summed E-state index contributed by atoms with van der Waals surface area (Å²) in [5, 5.41) is 4.37. The Morgan fingerprint density at radius 3 is 2.52 bits per heavy atom. The van der Waals surface area contributed by atoms with Crippen molar-refractivity contribution in [3.05, 3.63) is 47.0 Å². The van der Waals surface area contributed by atoms with Crippen molar-refractivity contribution in [3.8, 4) is 5.69 Å². The fraction of sp³-hybridized carbons (Fsp3) is 0.412. The molecule has 1 amide bonds. The minimum Gasteiger partial charge on any atom is -0.369 e. The molecule has 2 aromatic rings. The zero-order valence-corrected chi connectivity index (χ0v) is 13.9. The number of hydrogen-bond acceptors (Lipinski definition) is 3. The molecule has 1 aromatic heterocycles. The zero-order chi connectivity index (χ0) is 18.1. The van der Waals surface area contributed by atoms with Crippen LogP contribution in [0.1, 0.15) is 21.7 Å². The number of halogens is 3. The minimum absolute atomic E-state index is 0.208. The number of rotatable bonds is 5. The van der Waals surface area contributed by atoms with E-state index in [4.69, 9.17) is 4.74 Å². The summed E-state index contributed by atoms with van der Waals surface area (Å²) in [5.74, 6) is -0.558. The van der Waals surface area contributed by atoms with E-state index in [9.17, 15) is 18.0 Å². The number of alkyl halides is 2. The van der Waals surface area contributed by atoms with Crippen LogP contribution in [0.4, 0.5) is 13.2 Å². The third-order valence-corrected chi connectivity index (χ3v) is 4.17. The van der Waals surface area contributed by atoms with Gasteiger partial charge in [-0.15, -0.1) is 0 Å². The maximum Gasteiger partial charge on any atom is 0.261 e. The van der Waals surface area contributed by atoms with Crippen LogP contribution in [0.3, 0.4) is 0 Å². The second-order valence-corrected chi connectivity index (χ2v) is 5.99. The highest BCUT2D eigenvalue weighted by molar-refractivity contribution is 5.97. The van der Waals surface area contributed by atoms with Crippen molar-refractivity contribution >= 4 is 5.91 Å². The van der Waals surface area contributed by atoms with Crippen LogP contribution in [-0.2, 0) is 4.74 Å². The van der Waals surface area contributed by atoms with Crippen molar-refractivity contribution in [3.63, 3.8) is 0 Å². The molecule has 0 saturated carbocycles. The highest BCUT2D eigenvalue weighted by Gasteiger charge is 2.34. The largest absolute Gasteiger partial charge is 0.369 e. The first kappa shape index (κ1) is 17.5. The van der Waals surface area contributed by atoms with Crippen LogP contribution in [-0.4, -0.2) is 52.8 Å². The molecule has 0 radical (unpaired) electrons. The average molecular weight is 353 g/mol. The second kappa shape index (κ2) is 6.87. The van der Waals surface area contributed by atoms with Crippen molar-refractivity contribution in [2.45, 2.75) is 26.4 Å². The first-order valence-electron chi connectivity index (χ1n) is 7.88. The molecule has 1 aromatic carbocycles. The molecule has 0 atom stereocenters. The van der Waals surface area contributed by atoms with E-state index in [-0.39, 0.29) is 30.9 Å². The Morgan fingerprint density at radius 1 is 1.28 bits per heavy atom. The summed E-state index contributed by atoms with van der Waals surface area (Å²) in [6.07, 6.45) is -2.87. The lowest BCUT2D eigenvalue weighted by Crippen LogP contribution is -2.55. The van der Waals surface area contributed by atoms with Crippen molar-refractivity contribution in [2.24, 2.45) is 0 Å². The van der Waals surface area contributed by atoms with Crippen molar-refractivity contribution in [2.75, 3.05) is 19.7 Å². The van der Waals surface area contributed by atoms with Gasteiger partial charge < -0.3 is 9.64 Å². The summed E-state index contributed by atoms with van der Waals surface area (Å²) in [5.41, 5.74) is 2.33. The number of hydrogen-bond donors (Lipinski definition) is 0. The third kappa shape index (κ3) is 3.53. The lowest BCUT2D eigenvalue weighted by molar-refractivity contribution is -0.0776. The maximum atomic E-state index is 13.1. The number of nitrogens with zero attached hydrogens (tertiary/aromatic N) is 3. The number of carbonyl (C=O) groups excluding carboxylic acids is 1. The summed E-state index contributed by atoms with van der Waals surface area (Å²) in [4.78, 5) is 14.2. The third-order valence-electron chi connectivity index (χ3n) is 4.17. The molecule has 0 bridgehead atoms. The Morgan fingerprint density at radius 2 is 1.92 bits per heavy atom. The highest BCUT2D eigenvalue weighted by Crippen LogP contribution is 2.23. The summed E-state index contributed by atoms with van der Waals surface area (Å²) in [7, 11) is 0. The first-order chi connectivity index (χ1) is 11.9. The first-order valence-corrected chi connectivity index (χ1v) is 7.88. The molecular weight excluding hydrogens is 335 g/mol. The number of ether oxygens (including phenoxy) is 1. The molecule has 134 valence electrons. The molecule has 1 saturated heterocycles. The number of aromatic nitrogens is 2. The van der Waals surface area contributed by atoms with Gasteiger partial charge in [0.2, 0.25) is 0 Å². The van der Waals surface area contributed by atoms with E-state index in [0.717, 1.165) is 0 Å². The van der Waals surface area contributed by atoms with E-state index in [0.29, 0.717) is 22.6 Å². The molecule has 3 rings (SSSR count). The van der Waals surface area contributed by atoms with Gasteiger partial charge in [-0.2, -0.15) is 5.10 Å². The van der Waals surface area contributed by atoms with Crippen LogP contribution in [0.2, 0.25) is 0 Å². The number of benzene rings is 1. The molecule has 1 aliphatic heterocycles. The van der Waals surface area contributed by atoms with Gasteiger partial charge in [0.25, 0.3) is 12.3 Å². The summed E-state index contributed by atoms with van der Waals surface area (Å²) in [6, 6.07) is 5.82. The molecular formula is C17H18F3N3O2. The second-order valence-electron chi connectivity index (χ2n) is 5.99. The van der Waals surface area contributed by atoms with Gasteiger partial charge in [-0.3, -0.25) is 4.79 Å². The van der Waals surface area contributed by atoms with Gasteiger partial charge >= 0.3 is 0 Å². The monoisotopic (exact) mass is 353 g/mol.